The highest BCUT2D eigenvalue weighted by Gasteiger charge is 2.23. The molecular weight excluding hydrogens is 777 g/mol. The maximum atomic E-state index is 12.7. The van der Waals surface area contributed by atoms with Crippen LogP contribution in [0.4, 0.5) is 34.1 Å². The first kappa shape index (κ1) is 40.6. The molecule has 3 rings (SSSR count). The molecule has 0 saturated heterocycles. The Balaban J connectivity index is 1.97. The van der Waals surface area contributed by atoms with E-state index in [0.717, 1.165) is 18.2 Å². The summed E-state index contributed by atoms with van der Waals surface area (Å²) in [5, 5.41) is 26.8. The van der Waals surface area contributed by atoms with Crippen molar-refractivity contribution in [1.82, 2.24) is 0 Å². The van der Waals surface area contributed by atoms with Crippen LogP contribution >= 0.6 is 12.3 Å². The molecule has 0 aliphatic rings. The first-order valence-electron chi connectivity index (χ1n) is 12.9. The normalized spacial score (nSPS) is 13.0. The summed E-state index contributed by atoms with van der Waals surface area (Å²) in [4.78, 5) is -1.41. The lowest BCUT2D eigenvalue weighted by molar-refractivity contribution is -0.434. The van der Waals surface area contributed by atoms with E-state index >= 15 is 0 Å². The van der Waals surface area contributed by atoms with E-state index in [1.54, 1.807) is 0 Å². The number of nitrogens with zero attached hydrogens (tertiary/aromatic N) is 4. The van der Waals surface area contributed by atoms with Gasteiger partial charge in [-0.1, -0.05) is 5.04 Å². The number of nitrogen functional groups attached to an aromatic ring is 2. The fraction of sp³-hybridized carbons (Fsp3) is 0.217. The summed E-state index contributed by atoms with van der Waals surface area (Å²) in [7, 11) is -16.8. The van der Waals surface area contributed by atoms with Gasteiger partial charge in [-0.3, -0.25) is 13.3 Å². The van der Waals surface area contributed by atoms with Crippen LogP contribution in [-0.2, 0) is 57.9 Å². The van der Waals surface area contributed by atoms with E-state index in [2.05, 4.69) is 34.0 Å². The molecular formula is C23H26N6O16S5. The second-order valence-electron chi connectivity index (χ2n) is 9.19. The molecule has 3 aromatic rings. The zero-order valence-corrected chi connectivity index (χ0v) is 29.2. The molecule has 3 aromatic carbocycles. The second-order valence-corrected chi connectivity index (χ2v) is 16.4. The maximum Gasteiger partial charge on any atom is 0.397 e. The Kier molecular flexibility index (Phi) is 13.7. The predicted molar refractivity (Wildman–Crippen MR) is 173 cm³/mol. The van der Waals surface area contributed by atoms with E-state index in [4.69, 9.17) is 30.2 Å². The second kappa shape index (κ2) is 16.9. The molecule has 0 aliphatic carbocycles. The number of sulfone groups is 2. The van der Waals surface area contributed by atoms with Crippen LogP contribution in [0.25, 0.3) is 0 Å². The van der Waals surface area contributed by atoms with Gasteiger partial charge in [-0.25, -0.2) is 26.3 Å². The molecule has 27 heteroatoms. The Morgan fingerprint density at radius 2 is 1.34 bits per heavy atom. The highest BCUT2D eigenvalue weighted by Crippen LogP contribution is 2.44. The standard InChI is InChI=1S/C23H26N6O16S5/c1-41-19-7-6-16(48(33,34)11-9-43-50(38,39)40)12-17(19)27-29-23-21(24)18(13-20(22(23)25)49(35,36)37)28-26-14-2-4-15(5-3-14)47(31,32)10-8-42-46-45-44-30/h2-7,12-13,30H,8-11,24-25H2,1H3,(H,35,36,37)(H,38,39,40)/b28-26+,29-27+. The molecule has 0 spiro atoms. The number of azo groups is 2. The van der Waals surface area contributed by atoms with Crippen molar-refractivity contribution in [1.29, 1.82) is 0 Å². The summed E-state index contributed by atoms with van der Waals surface area (Å²) in [6.45, 7) is -1.23. The van der Waals surface area contributed by atoms with Gasteiger partial charge in [0, 0.05) is 0 Å². The predicted octanol–water partition coefficient (Wildman–Crippen LogP) is 3.30. The van der Waals surface area contributed by atoms with Crippen LogP contribution in [0.1, 0.15) is 0 Å². The molecule has 0 amide bonds. The average molecular weight is 803 g/mol. The summed E-state index contributed by atoms with van der Waals surface area (Å²) in [5.41, 5.74) is 9.90. The molecule has 0 saturated carbocycles. The van der Waals surface area contributed by atoms with Crippen molar-refractivity contribution < 1.29 is 70.5 Å². The minimum Gasteiger partial charge on any atom is -0.494 e. The Bertz CT molecular complexity index is 2200. The molecule has 0 aliphatic heterocycles. The Morgan fingerprint density at radius 1 is 0.740 bits per heavy atom. The lowest BCUT2D eigenvalue weighted by Crippen LogP contribution is -2.15. The highest BCUT2D eigenvalue weighted by molar-refractivity contribution is 7.92. The number of benzene rings is 3. The van der Waals surface area contributed by atoms with E-state index in [1.807, 2.05) is 0 Å². The molecule has 0 atom stereocenters. The number of rotatable bonds is 18. The first-order valence-corrected chi connectivity index (χ1v) is 19.7. The van der Waals surface area contributed by atoms with Gasteiger partial charge >= 0.3 is 10.4 Å². The largest absolute Gasteiger partial charge is 0.494 e. The van der Waals surface area contributed by atoms with E-state index in [9.17, 15) is 38.2 Å². The van der Waals surface area contributed by atoms with Crippen molar-refractivity contribution >= 4 is 86.6 Å². The monoisotopic (exact) mass is 802 g/mol. The number of methoxy groups -OCH3 is 1. The van der Waals surface area contributed by atoms with Crippen LogP contribution in [0, 0.1) is 0 Å². The molecule has 0 radical (unpaired) electrons. The van der Waals surface area contributed by atoms with Gasteiger partial charge in [0.15, 0.2) is 32.0 Å². The van der Waals surface area contributed by atoms with Gasteiger partial charge < -0.3 is 16.2 Å². The van der Waals surface area contributed by atoms with Gasteiger partial charge in [0.2, 0.25) is 0 Å². The van der Waals surface area contributed by atoms with Crippen LogP contribution < -0.4 is 16.2 Å². The van der Waals surface area contributed by atoms with Crippen molar-refractivity contribution in [3.05, 3.63) is 48.5 Å². The van der Waals surface area contributed by atoms with Crippen molar-refractivity contribution in [3.8, 4) is 5.75 Å². The van der Waals surface area contributed by atoms with Crippen molar-refractivity contribution in [2.24, 2.45) is 20.5 Å². The van der Waals surface area contributed by atoms with Gasteiger partial charge in [0.05, 0.1) is 58.7 Å². The smallest absolute Gasteiger partial charge is 0.397 e. The van der Waals surface area contributed by atoms with Crippen molar-refractivity contribution in [2.75, 3.05) is 43.3 Å². The van der Waals surface area contributed by atoms with Gasteiger partial charge in [0.25, 0.3) is 10.1 Å². The van der Waals surface area contributed by atoms with Crippen LogP contribution in [0.15, 0.2) is 83.7 Å². The van der Waals surface area contributed by atoms with E-state index in [0.29, 0.717) is 0 Å². The third kappa shape index (κ3) is 11.3. The van der Waals surface area contributed by atoms with Crippen molar-refractivity contribution in [3.63, 3.8) is 0 Å². The van der Waals surface area contributed by atoms with Gasteiger partial charge in [-0.05, 0) is 48.5 Å². The van der Waals surface area contributed by atoms with Crippen LogP contribution in [-0.4, -0.2) is 79.9 Å². The number of hydrogen-bond donors (Lipinski definition) is 5. The molecule has 0 bridgehead atoms. The van der Waals surface area contributed by atoms with Crippen LogP contribution in [0.2, 0.25) is 0 Å². The molecule has 0 aromatic heterocycles. The van der Waals surface area contributed by atoms with Gasteiger partial charge in [0.1, 0.15) is 27.7 Å². The Labute approximate surface area is 288 Å². The number of nitrogens with two attached hydrogens (primary N) is 2. The molecule has 0 fully saturated rings. The summed E-state index contributed by atoms with van der Waals surface area (Å²) in [6, 6.07) is 8.95. The Morgan fingerprint density at radius 3 is 1.94 bits per heavy atom. The minimum atomic E-state index is -5.02. The lowest BCUT2D eigenvalue weighted by atomic mass is 10.2. The van der Waals surface area contributed by atoms with E-state index in [1.165, 1.54) is 37.4 Å². The topological polar surface area (TPSA) is 345 Å². The fourth-order valence-corrected chi connectivity index (χ4v) is 7.19. The van der Waals surface area contributed by atoms with E-state index < -0.39 is 85.2 Å². The fourth-order valence-electron chi connectivity index (χ4n) is 3.64. The number of ether oxygens (including phenoxy) is 1. The van der Waals surface area contributed by atoms with Crippen LogP contribution in [0.5, 0.6) is 5.75 Å². The molecule has 0 heterocycles. The minimum absolute atomic E-state index is 0.0351. The van der Waals surface area contributed by atoms with E-state index in [-0.39, 0.29) is 46.6 Å². The lowest BCUT2D eigenvalue weighted by Gasteiger charge is -2.11. The molecule has 274 valence electrons. The van der Waals surface area contributed by atoms with Crippen molar-refractivity contribution in [2.45, 2.75) is 14.7 Å². The summed E-state index contributed by atoms with van der Waals surface area (Å²) >= 11 is 0.208. The molecule has 0 unspecified atom stereocenters. The average Bonchev–Trinajstić information content (AvgIpc) is 3.03. The Hall–Kier alpha value is -3.87. The molecule has 50 heavy (non-hydrogen) atoms. The van der Waals surface area contributed by atoms with Crippen LogP contribution in [0.3, 0.4) is 0 Å². The summed E-state index contributed by atoms with van der Waals surface area (Å²) < 4.78 is 133. The van der Waals surface area contributed by atoms with Gasteiger partial charge in [-0.15, -0.1) is 19.7 Å². The maximum absolute atomic E-state index is 12.7. The van der Waals surface area contributed by atoms with Gasteiger partial charge in [-0.2, -0.15) is 21.9 Å². The zero-order valence-electron chi connectivity index (χ0n) is 25.1. The third-order valence-electron chi connectivity index (χ3n) is 5.96. The first-order chi connectivity index (χ1) is 23.3. The highest BCUT2D eigenvalue weighted by atomic mass is 32.3. The number of hydrogen-bond acceptors (Lipinski definition) is 21. The molecule has 22 nitrogen and oxygen atoms in total. The third-order valence-corrected chi connectivity index (χ3v) is 11.1. The number of anilines is 2. The zero-order chi connectivity index (χ0) is 37.3. The molecule has 7 N–H and O–H groups in total. The SMILES string of the molecule is COc1ccc(S(=O)(=O)CCOS(=O)(=O)O)cc1/N=N/c1c(N)c(/N=N/c2ccc(S(=O)(=O)CCOSOOO)cc2)cc(S(=O)(=O)O)c1N. The quantitative estimate of drug-likeness (QED) is 0.0234. The summed E-state index contributed by atoms with van der Waals surface area (Å²) in [5.74, 6) is -1.37. The summed E-state index contributed by atoms with van der Waals surface area (Å²) in [6.07, 6.45) is 0.